The van der Waals surface area contributed by atoms with Crippen LogP contribution in [0.2, 0.25) is 0 Å². The van der Waals surface area contributed by atoms with Gasteiger partial charge in [0.15, 0.2) is 0 Å². The Morgan fingerprint density at radius 1 is 1.24 bits per heavy atom. The number of piperazine rings is 1. The van der Waals surface area contributed by atoms with Gasteiger partial charge >= 0.3 is 0 Å². The zero-order valence-electron chi connectivity index (χ0n) is 15.5. The highest BCUT2D eigenvalue weighted by Gasteiger charge is 2.39. The number of hydrogen-bond acceptors (Lipinski definition) is 6. The predicted molar refractivity (Wildman–Crippen MR) is 94.9 cm³/mol. The lowest BCUT2D eigenvalue weighted by Crippen LogP contribution is -2.54. The minimum Gasteiger partial charge on any atom is -0.478 e. The van der Waals surface area contributed by atoms with Crippen LogP contribution in [0.1, 0.15) is 32.4 Å². The third kappa shape index (κ3) is 4.03. The maximum absolute atomic E-state index is 12.9. The van der Waals surface area contributed by atoms with Crippen LogP contribution in [0.25, 0.3) is 0 Å². The van der Waals surface area contributed by atoms with Crippen molar-refractivity contribution in [3.63, 3.8) is 0 Å². The Bertz CT molecular complexity index is 608. The molecule has 138 valence electrons. The highest BCUT2D eigenvalue weighted by atomic mass is 16.5. The van der Waals surface area contributed by atoms with Gasteiger partial charge < -0.3 is 19.3 Å². The van der Waals surface area contributed by atoms with E-state index in [9.17, 15) is 4.79 Å². The highest BCUT2D eigenvalue weighted by molar-refractivity contribution is 5.82. The van der Waals surface area contributed by atoms with Crippen molar-refractivity contribution in [2.75, 3.05) is 50.9 Å². The van der Waals surface area contributed by atoms with Crippen molar-refractivity contribution in [1.82, 2.24) is 14.9 Å². The van der Waals surface area contributed by atoms with Crippen LogP contribution in [0.4, 0.5) is 5.95 Å². The number of anilines is 1. The van der Waals surface area contributed by atoms with Gasteiger partial charge in [0.1, 0.15) is 0 Å². The van der Waals surface area contributed by atoms with Gasteiger partial charge in [0.25, 0.3) is 0 Å². The van der Waals surface area contributed by atoms with E-state index in [0.717, 1.165) is 31.6 Å². The van der Waals surface area contributed by atoms with Crippen LogP contribution in [0.15, 0.2) is 6.07 Å². The van der Waals surface area contributed by atoms with Gasteiger partial charge in [0.2, 0.25) is 17.7 Å². The summed E-state index contributed by atoms with van der Waals surface area (Å²) in [6, 6.07) is 1.85. The third-order valence-electron chi connectivity index (χ3n) is 5.07. The fourth-order valence-electron chi connectivity index (χ4n) is 3.41. The van der Waals surface area contributed by atoms with Crippen LogP contribution in [0.3, 0.4) is 0 Å². The fourth-order valence-corrected chi connectivity index (χ4v) is 3.41. The molecule has 0 aliphatic carbocycles. The van der Waals surface area contributed by atoms with Crippen molar-refractivity contribution in [1.29, 1.82) is 0 Å². The molecule has 7 nitrogen and oxygen atoms in total. The highest BCUT2D eigenvalue weighted by Crippen LogP contribution is 2.32. The number of ether oxygens (including phenoxy) is 2. The summed E-state index contributed by atoms with van der Waals surface area (Å²) >= 11 is 0. The molecule has 3 heterocycles. The first-order chi connectivity index (χ1) is 12.0. The minimum atomic E-state index is -0.275. The molecule has 2 aliphatic heterocycles. The number of aromatic nitrogens is 2. The summed E-state index contributed by atoms with van der Waals surface area (Å²) in [4.78, 5) is 26.1. The molecule has 0 atom stereocenters. The molecule has 3 rings (SSSR count). The van der Waals surface area contributed by atoms with Crippen molar-refractivity contribution in [3.8, 4) is 5.88 Å². The number of rotatable bonds is 4. The smallest absolute Gasteiger partial charge is 0.228 e. The molecule has 1 amide bonds. The molecule has 1 aromatic rings. The average molecular weight is 348 g/mol. The topological polar surface area (TPSA) is 67.8 Å². The van der Waals surface area contributed by atoms with Gasteiger partial charge in [-0.25, -0.2) is 4.98 Å². The van der Waals surface area contributed by atoms with Crippen molar-refractivity contribution >= 4 is 11.9 Å². The number of carbonyl (C=O) groups excluding carboxylic acids is 1. The molecular formula is C18H28N4O3. The number of carbonyl (C=O) groups is 1. The van der Waals surface area contributed by atoms with Crippen molar-refractivity contribution in [3.05, 3.63) is 11.8 Å². The van der Waals surface area contributed by atoms with E-state index in [4.69, 9.17) is 9.47 Å². The van der Waals surface area contributed by atoms with E-state index >= 15 is 0 Å². The van der Waals surface area contributed by atoms with Crippen molar-refractivity contribution < 1.29 is 14.3 Å². The molecule has 2 aliphatic rings. The zero-order chi connectivity index (χ0) is 17.9. The van der Waals surface area contributed by atoms with Crippen LogP contribution in [-0.4, -0.2) is 66.8 Å². The van der Waals surface area contributed by atoms with Crippen LogP contribution in [0.5, 0.6) is 5.88 Å². The second-order valence-corrected chi connectivity index (χ2v) is 7.03. The number of nitrogens with zero attached hydrogens (tertiary/aromatic N) is 4. The summed E-state index contributed by atoms with van der Waals surface area (Å²) < 4.78 is 10.9. The quantitative estimate of drug-likeness (QED) is 0.824. The minimum absolute atomic E-state index is 0.260. The maximum atomic E-state index is 12.9. The van der Waals surface area contributed by atoms with E-state index < -0.39 is 0 Å². The molecule has 0 N–H and O–H groups in total. The molecule has 0 unspecified atom stereocenters. The third-order valence-corrected chi connectivity index (χ3v) is 5.07. The second kappa shape index (κ2) is 7.56. The lowest BCUT2D eigenvalue weighted by Gasteiger charge is -2.41. The normalized spacial score (nSPS) is 20.4. The van der Waals surface area contributed by atoms with Gasteiger partial charge in [-0.05, 0) is 26.7 Å². The molecule has 0 bridgehead atoms. The molecule has 1 aromatic heterocycles. The molecule has 7 heteroatoms. The number of hydrogen-bond donors (Lipinski definition) is 0. The Kier molecular flexibility index (Phi) is 5.42. The monoisotopic (exact) mass is 348 g/mol. The Hall–Kier alpha value is -1.89. The predicted octanol–water partition coefficient (Wildman–Crippen LogP) is 1.65. The maximum Gasteiger partial charge on any atom is 0.228 e. The fraction of sp³-hybridized carbons (Fsp3) is 0.722. The summed E-state index contributed by atoms with van der Waals surface area (Å²) in [5, 5.41) is 0. The largest absolute Gasteiger partial charge is 0.478 e. The van der Waals surface area contributed by atoms with Gasteiger partial charge in [-0.3, -0.25) is 4.79 Å². The molecule has 0 radical (unpaired) electrons. The molecular weight excluding hydrogens is 320 g/mol. The van der Waals surface area contributed by atoms with Crippen LogP contribution < -0.4 is 9.64 Å². The SMILES string of the molecule is CCOc1cc(C)nc(N2CCN(C(=O)C3(C)CCOCC3)CC2)n1. The van der Waals surface area contributed by atoms with Gasteiger partial charge in [-0.1, -0.05) is 6.92 Å². The molecule has 0 saturated carbocycles. The standard InChI is InChI=1S/C18H28N4O3/c1-4-25-15-13-14(2)19-17(20-15)22-9-7-21(8-10-22)16(23)18(3)5-11-24-12-6-18/h13H,4-12H2,1-3H3. The summed E-state index contributed by atoms with van der Waals surface area (Å²) in [5.74, 6) is 1.56. The lowest BCUT2D eigenvalue weighted by molar-refractivity contribution is -0.146. The average Bonchev–Trinajstić information content (AvgIpc) is 2.62. The Balaban J connectivity index is 1.63. The van der Waals surface area contributed by atoms with E-state index in [1.54, 1.807) is 0 Å². The van der Waals surface area contributed by atoms with Gasteiger partial charge in [0.05, 0.1) is 12.0 Å². The number of amides is 1. The van der Waals surface area contributed by atoms with Crippen LogP contribution in [-0.2, 0) is 9.53 Å². The summed E-state index contributed by atoms with van der Waals surface area (Å²) in [6.45, 7) is 10.8. The Labute approximate surface area is 149 Å². The number of aryl methyl sites for hydroxylation is 1. The van der Waals surface area contributed by atoms with E-state index in [2.05, 4.69) is 21.8 Å². The lowest BCUT2D eigenvalue weighted by atomic mass is 9.81. The molecule has 0 aromatic carbocycles. The zero-order valence-corrected chi connectivity index (χ0v) is 15.5. The molecule has 2 saturated heterocycles. The first-order valence-corrected chi connectivity index (χ1v) is 9.12. The molecule has 2 fully saturated rings. The van der Waals surface area contributed by atoms with E-state index in [1.165, 1.54) is 0 Å². The van der Waals surface area contributed by atoms with Gasteiger partial charge in [-0.15, -0.1) is 0 Å². The van der Waals surface area contributed by atoms with E-state index in [-0.39, 0.29) is 11.3 Å². The molecule has 0 spiro atoms. The van der Waals surface area contributed by atoms with E-state index in [1.807, 2.05) is 24.8 Å². The van der Waals surface area contributed by atoms with Gasteiger partial charge in [-0.2, -0.15) is 4.98 Å². The Morgan fingerprint density at radius 2 is 1.92 bits per heavy atom. The van der Waals surface area contributed by atoms with E-state index in [0.29, 0.717) is 44.7 Å². The Morgan fingerprint density at radius 3 is 2.56 bits per heavy atom. The van der Waals surface area contributed by atoms with Crippen molar-refractivity contribution in [2.24, 2.45) is 5.41 Å². The summed E-state index contributed by atoms with van der Waals surface area (Å²) in [5.41, 5.74) is 0.615. The van der Waals surface area contributed by atoms with Crippen molar-refractivity contribution in [2.45, 2.75) is 33.6 Å². The van der Waals surface area contributed by atoms with Gasteiger partial charge in [0, 0.05) is 51.2 Å². The first-order valence-electron chi connectivity index (χ1n) is 9.12. The first kappa shape index (κ1) is 17.9. The van der Waals surface area contributed by atoms with Crippen LogP contribution in [0, 0.1) is 12.3 Å². The second-order valence-electron chi connectivity index (χ2n) is 7.03. The summed E-state index contributed by atoms with van der Waals surface area (Å²) in [7, 11) is 0. The summed E-state index contributed by atoms with van der Waals surface area (Å²) in [6.07, 6.45) is 1.62. The molecule has 25 heavy (non-hydrogen) atoms. The van der Waals surface area contributed by atoms with Crippen LogP contribution >= 0.6 is 0 Å².